The molecular weight excluding hydrogens is 146 g/mol. The summed E-state index contributed by atoms with van der Waals surface area (Å²) in [5.74, 6) is -0.298. The maximum absolute atomic E-state index is 11.0. The molecule has 1 unspecified atom stereocenters. The molecule has 0 spiro atoms. The molecule has 0 aliphatic carbocycles. The maximum Gasteiger partial charge on any atom is 0.322 e. The van der Waals surface area contributed by atoms with E-state index in [-0.39, 0.29) is 5.91 Å². The highest BCUT2D eigenvalue weighted by Crippen LogP contribution is 2.12. The molecule has 3 amide bonds. The van der Waals surface area contributed by atoms with Crippen molar-refractivity contribution in [3.63, 3.8) is 0 Å². The smallest absolute Gasteiger partial charge is 0.322 e. The fourth-order valence-electron chi connectivity index (χ4n) is 1.04. The van der Waals surface area contributed by atoms with E-state index in [1.165, 1.54) is 0 Å². The standard InChI is InChI=1S/C6H11N3O2/c1-6(2-3-7)4(10)8-5(11)9-6/h2-3,7H2,1H3,(H2,8,9,10,11). The Morgan fingerprint density at radius 2 is 2.18 bits per heavy atom. The number of hydrogen-bond acceptors (Lipinski definition) is 3. The van der Waals surface area contributed by atoms with Crippen molar-refractivity contribution < 1.29 is 9.59 Å². The minimum absolute atomic E-state index is 0.298. The number of amides is 3. The summed E-state index contributed by atoms with van der Waals surface area (Å²) in [4.78, 5) is 21.7. The van der Waals surface area contributed by atoms with Crippen LogP contribution in [-0.4, -0.2) is 24.0 Å². The van der Waals surface area contributed by atoms with Crippen LogP contribution in [0.15, 0.2) is 0 Å². The van der Waals surface area contributed by atoms with Crippen LogP contribution in [0.1, 0.15) is 13.3 Å². The molecule has 1 aliphatic heterocycles. The molecule has 1 saturated heterocycles. The Bertz CT molecular complexity index is 204. The van der Waals surface area contributed by atoms with Gasteiger partial charge in [-0.25, -0.2) is 4.79 Å². The molecule has 62 valence electrons. The van der Waals surface area contributed by atoms with Gasteiger partial charge in [-0.05, 0) is 19.9 Å². The first-order valence-corrected chi connectivity index (χ1v) is 3.42. The predicted octanol–water partition coefficient (Wildman–Crippen LogP) is -1.07. The topological polar surface area (TPSA) is 84.2 Å². The molecule has 5 nitrogen and oxygen atoms in total. The van der Waals surface area contributed by atoms with Gasteiger partial charge in [0.25, 0.3) is 5.91 Å². The summed E-state index contributed by atoms with van der Waals surface area (Å²) in [6, 6.07) is -0.439. The lowest BCUT2D eigenvalue weighted by Crippen LogP contribution is -2.45. The largest absolute Gasteiger partial charge is 0.330 e. The maximum atomic E-state index is 11.0. The van der Waals surface area contributed by atoms with Crippen LogP contribution in [0, 0.1) is 0 Å². The van der Waals surface area contributed by atoms with Crippen molar-refractivity contribution in [3.05, 3.63) is 0 Å². The molecule has 1 aliphatic rings. The van der Waals surface area contributed by atoms with E-state index >= 15 is 0 Å². The van der Waals surface area contributed by atoms with E-state index in [4.69, 9.17) is 5.73 Å². The molecule has 0 radical (unpaired) electrons. The average molecular weight is 157 g/mol. The predicted molar refractivity (Wildman–Crippen MR) is 38.8 cm³/mol. The molecule has 11 heavy (non-hydrogen) atoms. The van der Waals surface area contributed by atoms with Crippen molar-refractivity contribution in [3.8, 4) is 0 Å². The van der Waals surface area contributed by atoms with Gasteiger partial charge in [-0.3, -0.25) is 10.1 Å². The second kappa shape index (κ2) is 2.50. The van der Waals surface area contributed by atoms with E-state index in [0.29, 0.717) is 13.0 Å². The molecular formula is C6H11N3O2. The van der Waals surface area contributed by atoms with Crippen molar-refractivity contribution in [1.82, 2.24) is 10.6 Å². The Morgan fingerprint density at radius 1 is 1.55 bits per heavy atom. The Hall–Kier alpha value is -1.10. The molecule has 1 rings (SSSR count). The van der Waals surface area contributed by atoms with Gasteiger partial charge in [-0.15, -0.1) is 0 Å². The van der Waals surface area contributed by atoms with E-state index in [1.54, 1.807) is 6.92 Å². The molecule has 1 atom stereocenters. The van der Waals surface area contributed by atoms with Gasteiger partial charge in [-0.1, -0.05) is 0 Å². The molecule has 5 heteroatoms. The van der Waals surface area contributed by atoms with Gasteiger partial charge >= 0.3 is 6.03 Å². The van der Waals surface area contributed by atoms with Crippen molar-refractivity contribution >= 4 is 11.9 Å². The van der Waals surface area contributed by atoms with Gasteiger partial charge in [0.15, 0.2) is 0 Å². The summed E-state index contributed by atoms with van der Waals surface area (Å²) in [5.41, 5.74) is 4.47. The van der Waals surface area contributed by atoms with Gasteiger partial charge in [0.1, 0.15) is 5.54 Å². The fraction of sp³-hybridized carbons (Fsp3) is 0.667. The molecule has 1 heterocycles. The van der Waals surface area contributed by atoms with Crippen LogP contribution in [0.4, 0.5) is 4.79 Å². The highest BCUT2D eigenvalue weighted by molar-refractivity contribution is 6.06. The number of urea groups is 1. The Kier molecular flexibility index (Phi) is 1.82. The monoisotopic (exact) mass is 157 g/mol. The van der Waals surface area contributed by atoms with Crippen LogP contribution in [-0.2, 0) is 4.79 Å². The van der Waals surface area contributed by atoms with E-state index < -0.39 is 11.6 Å². The summed E-state index contributed by atoms with van der Waals surface area (Å²) >= 11 is 0. The van der Waals surface area contributed by atoms with Gasteiger partial charge in [-0.2, -0.15) is 0 Å². The molecule has 0 bridgehead atoms. The molecule has 0 saturated carbocycles. The zero-order valence-electron chi connectivity index (χ0n) is 6.31. The van der Waals surface area contributed by atoms with Crippen LogP contribution in [0.25, 0.3) is 0 Å². The lowest BCUT2D eigenvalue weighted by Gasteiger charge is -2.18. The number of nitrogens with one attached hydrogen (secondary N) is 2. The first kappa shape index (κ1) is 8.00. The third-order valence-corrected chi connectivity index (χ3v) is 1.76. The second-order valence-corrected chi connectivity index (χ2v) is 2.78. The quantitative estimate of drug-likeness (QED) is 0.446. The molecule has 0 aromatic carbocycles. The SMILES string of the molecule is CC1(CCN)NC(=O)NC1=O. The number of carbonyl (C=O) groups is 2. The highest BCUT2D eigenvalue weighted by Gasteiger charge is 2.40. The van der Waals surface area contributed by atoms with Crippen molar-refractivity contribution in [2.24, 2.45) is 5.73 Å². The molecule has 0 aromatic heterocycles. The summed E-state index contributed by atoms with van der Waals surface area (Å²) in [5, 5.41) is 4.65. The third-order valence-electron chi connectivity index (χ3n) is 1.76. The van der Waals surface area contributed by atoms with Crippen LogP contribution in [0.3, 0.4) is 0 Å². The van der Waals surface area contributed by atoms with Crippen LogP contribution in [0.5, 0.6) is 0 Å². The number of hydrogen-bond donors (Lipinski definition) is 3. The Morgan fingerprint density at radius 3 is 2.55 bits per heavy atom. The van der Waals surface area contributed by atoms with Crippen molar-refractivity contribution in [2.75, 3.05) is 6.54 Å². The summed E-state index contributed by atoms with van der Waals surface area (Å²) in [6.07, 6.45) is 0.463. The first-order valence-electron chi connectivity index (χ1n) is 3.42. The highest BCUT2D eigenvalue weighted by atomic mass is 16.2. The van der Waals surface area contributed by atoms with Crippen molar-refractivity contribution in [2.45, 2.75) is 18.9 Å². The number of nitrogens with two attached hydrogens (primary N) is 1. The molecule has 4 N–H and O–H groups in total. The fourth-order valence-corrected chi connectivity index (χ4v) is 1.04. The number of carbonyl (C=O) groups excluding carboxylic acids is 2. The third kappa shape index (κ3) is 1.32. The van der Waals surface area contributed by atoms with E-state index in [0.717, 1.165) is 0 Å². The first-order chi connectivity index (χ1) is 5.08. The van der Waals surface area contributed by atoms with Crippen LogP contribution < -0.4 is 16.4 Å². The molecule has 1 fully saturated rings. The summed E-state index contributed by atoms with van der Waals surface area (Å²) in [6.45, 7) is 2.03. The van der Waals surface area contributed by atoms with Gasteiger partial charge in [0.2, 0.25) is 0 Å². The lowest BCUT2D eigenvalue weighted by molar-refractivity contribution is -0.123. The van der Waals surface area contributed by atoms with E-state index in [2.05, 4.69) is 10.6 Å². The Labute approximate surface area is 64.3 Å². The zero-order chi connectivity index (χ0) is 8.48. The van der Waals surface area contributed by atoms with Gasteiger partial charge in [0, 0.05) is 0 Å². The van der Waals surface area contributed by atoms with Crippen LogP contribution in [0.2, 0.25) is 0 Å². The zero-order valence-corrected chi connectivity index (χ0v) is 6.31. The number of rotatable bonds is 2. The minimum atomic E-state index is -0.800. The second-order valence-electron chi connectivity index (χ2n) is 2.78. The normalized spacial score (nSPS) is 30.0. The molecule has 0 aromatic rings. The minimum Gasteiger partial charge on any atom is -0.330 e. The van der Waals surface area contributed by atoms with Gasteiger partial charge in [0.05, 0.1) is 0 Å². The van der Waals surface area contributed by atoms with Crippen LogP contribution >= 0.6 is 0 Å². The summed E-state index contributed by atoms with van der Waals surface area (Å²) < 4.78 is 0. The average Bonchev–Trinajstić information content (AvgIpc) is 2.08. The summed E-state index contributed by atoms with van der Waals surface area (Å²) in [7, 11) is 0. The van der Waals surface area contributed by atoms with Gasteiger partial charge < -0.3 is 11.1 Å². The van der Waals surface area contributed by atoms with E-state index in [1.807, 2.05) is 0 Å². The van der Waals surface area contributed by atoms with E-state index in [9.17, 15) is 9.59 Å². The lowest BCUT2D eigenvalue weighted by atomic mass is 9.99. The number of imide groups is 1. The Balaban J connectivity index is 2.70. The van der Waals surface area contributed by atoms with Crippen molar-refractivity contribution in [1.29, 1.82) is 0 Å².